The standard InChI is InChI=1S/C24H27N9O5S3/c1-14-10-15(2)26-23(25-14)39-12-19-30-31-24(33(19)3)40-13-20(34)27-16-6-8-17(9-7-16)41(35,36)32-18-11-21(37-4)29-22(28-18)38-5/h6-11H,12-13H2,1-5H3,(H,27,34)(H,28,29,32). The Morgan fingerprint density at radius 1 is 0.951 bits per heavy atom. The molecule has 0 atom stereocenters. The third kappa shape index (κ3) is 8.05. The number of ether oxygens (including phenoxy) is 2. The summed E-state index contributed by atoms with van der Waals surface area (Å²) in [5, 5.41) is 12.4. The van der Waals surface area contributed by atoms with Gasteiger partial charge in [-0.05, 0) is 44.2 Å². The maximum Gasteiger partial charge on any atom is 0.321 e. The highest BCUT2D eigenvalue weighted by molar-refractivity contribution is 7.99. The van der Waals surface area contributed by atoms with Gasteiger partial charge in [-0.25, -0.2) is 18.4 Å². The molecule has 4 rings (SSSR count). The van der Waals surface area contributed by atoms with Crippen LogP contribution in [0.3, 0.4) is 0 Å². The van der Waals surface area contributed by atoms with Gasteiger partial charge in [0.15, 0.2) is 16.1 Å². The molecule has 216 valence electrons. The molecule has 14 nitrogen and oxygen atoms in total. The van der Waals surface area contributed by atoms with Crippen LogP contribution in [0, 0.1) is 13.8 Å². The number of benzene rings is 1. The van der Waals surface area contributed by atoms with Crippen molar-refractivity contribution in [1.29, 1.82) is 0 Å². The minimum absolute atomic E-state index is 0.0211. The van der Waals surface area contributed by atoms with E-state index in [9.17, 15) is 13.2 Å². The minimum Gasteiger partial charge on any atom is -0.481 e. The number of amides is 1. The molecule has 0 aliphatic carbocycles. The molecular formula is C24H27N9O5S3. The van der Waals surface area contributed by atoms with Crippen LogP contribution >= 0.6 is 23.5 Å². The van der Waals surface area contributed by atoms with Crippen molar-refractivity contribution >= 4 is 51.0 Å². The maximum absolute atomic E-state index is 12.8. The number of anilines is 2. The van der Waals surface area contributed by atoms with Crippen LogP contribution in [0.15, 0.2) is 51.6 Å². The predicted molar refractivity (Wildman–Crippen MR) is 154 cm³/mol. The van der Waals surface area contributed by atoms with Crippen molar-refractivity contribution < 1.29 is 22.7 Å². The Kier molecular flexibility index (Phi) is 9.61. The van der Waals surface area contributed by atoms with Crippen LogP contribution < -0.4 is 19.5 Å². The Morgan fingerprint density at radius 3 is 2.32 bits per heavy atom. The molecule has 0 radical (unpaired) electrons. The number of rotatable bonds is 12. The Labute approximate surface area is 245 Å². The summed E-state index contributed by atoms with van der Waals surface area (Å²) >= 11 is 2.70. The molecule has 0 unspecified atom stereocenters. The number of hydrogen-bond donors (Lipinski definition) is 2. The van der Waals surface area contributed by atoms with Crippen LogP contribution in [0.2, 0.25) is 0 Å². The second-order valence-corrected chi connectivity index (χ2v) is 12.0. The second-order valence-electron chi connectivity index (χ2n) is 8.43. The Balaban J connectivity index is 1.31. The highest BCUT2D eigenvalue weighted by Gasteiger charge is 2.18. The first-order chi connectivity index (χ1) is 19.6. The van der Waals surface area contributed by atoms with Crippen LogP contribution in [0.4, 0.5) is 11.5 Å². The second kappa shape index (κ2) is 13.1. The SMILES string of the molecule is COc1cc(NS(=O)(=O)c2ccc(NC(=O)CSc3nnc(CSc4nc(C)cc(C)n4)n3C)cc2)nc(OC)n1. The lowest BCUT2D eigenvalue weighted by molar-refractivity contribution is -0.113. The number of methoxy groups -OCH3 is 2. The molecule has 4 aromatic rings. The van der Waals surface area contributed by atoms with E-state index in [1.807, 2.05) is 31.5 Å². The Morgan fingerprint density at radius 2 is 1.66 bits per heavy atom. The number of aromatic nitrogens is 7. The molecule has 3 heterocycles. The summed E-state index contributed by atoms with van der Waals surface area (Å²) < 4.78 is 39.8. The number of carbonyl (C=O) groups excluding carboxylic acids is 1. The van der Waals surface area contributed by atoms with E-state index in [4.69, 9.17) is 9.47 Å². The average molecular weight is 618 g/mol. The summed E-state index contributed by atoms with van der Waals surface area (Å²) in [7, 11) is 0.595. The molecule has 0 aliphatic rings. The fraction of sp³-hybridized carbons (Fsp3) is 0.292. The van der Waals surface area contributed by atoms with E-state index in [1.54, 1.807) is 0 Å². The first-order valence-electron chi connectivity index (χ1n) is 11.9. The summed E-state index contributed by atoms with van der Waals surface area (Å²) in [5.74, 6) is 1.16. The van der Waals surface area contributed by atoms with Crippen LogP contribution in [0.5, 0.6) is 11.9 Å². The average Bonchev–Trinajstić information content (AvgIpc) is 3.28. The van der Waals surface area contributed by atoms with Crippen LogP contribution in [-0.4, -0.2) is 69.0 Å². The fourth-order valence-corrected chi connectivity index (χ4v) is 6.03. The van der Waals surface area contributed by atoms with Crippen molar-refractivity contribution in [2.45, 2.75) is 34.8 Å². The molecule has 0 spiro atoms. The zero-order chi connectivity index (χ0) is 29.6. The van der Waals surface area contributed by atoms with E-state index in [2.05, 4.69) is 40.2 Å². The number of aryl methyl sites for hydroxylation is 2. The lowest BCUT2D eigenvalue weighted by atomic mass is 10.3. The van der Waals surface area contributed by atoms with Gasteiger partial charge in [-0.1, -0.05) is 23.5 Å². The summed E-state index contributed by atoms with van der Waals surface area (Å²) in [6, 6.07) is 8.90. The number of thioether (sulfide) groups is 2. The van der Waals surface area contributed by atoms with Gasteiger partial charge in [0.25, 0.3) is 10.0 Å². The van der Waals surface area contributed by atoms with Gasteiger partial charge in [0.2, 0.25) is 11.8 Å². The van der Waals surface area contributed by atoms with Gasteiger partial charge in [-0.15, -0.1) is 10.2 Å². The van der Waals surface area contributed by atoms with Crippen molar-refractivity contribution in [2.75, 3.05) is 30.0 Å². The minimum atomic E-state index is -3.98. The zero-order valence-electron chi connectivity index (χ0n) is 22.8. The van der Waals surface area contributed by atoms with Gasteiger partial charge >= 0.3 is 6.01 Å². The van der Waals surface area contributed by atoms with E-state index in [1.165, 1.54) is 68.1 Å². The van der Waals surface area contributed by atoms with E-state index >= 15 is 0 Å². The fourth-order valence-electron chi connectivity index (χ4n) is 3.38. The van der Waals surface area contributed by atoms with E-state index in [0.29, 0.717) is 21.8 Å². The van der Waals surface area contributed by atoms with Crippen molar-refractivity contribution in [3.63, 3.8) is 0 Å². The van der Waals surface area contributed by atoms with Crippen LogP contribution in [0.1, 0.15) is 17.2 Å². The van der Waals surface area contributed by atoms with E-state index in [0.717, 1.165) is 17.2 Å². The summed E-state index contributed by atoms with van der Waals surface area (Å²) in [6.07, 6.45) is 0. The van der Waals surface area contributed by atoms with Crippen LogP contribution in [-0.2, 0) is 27.6 Å². The van der Waals surface area contributed by atoms with Crippen LogP contribution in [0.25, 0.3) is 0 Å². The van der Waals surface area contributed by atoms with Gasteiger partial charge in [0.1, 0.15) is 5.82 Å². The number of hydrogen-bond acceptors (Lipinski definition) is 13. The number of carbonyl (C=O) groups is 1. The Bertz CT molecular complexity index is 1600. The smallest absolute Gasteiger partial charge is 0.321 e. The molecule has 0 saturated heterocycles. The molecule has 0 bridgehead atoms. The van der Waals surface area contributed by atoms with Crippen molar-refractivity contribution in [3.05, 3.63) is 53.6 Å². The highest BCUT2D eigenvalue weighted by atomic mass is 32.2. The van der Waals surface area contributed by atoms with Gasteiger partial charge < -0.3 is 19.4 Å². The number of nitrogens with zero attached hydrogens (tertiary/aromatic N) is 7. The summed E-state index contributed by atoms with van der Waals surface area (Å²) in [5.41, 5.74) is 2.23. The Hall–Kier alpha value is -3.96. The molecular weight excluding hydrogens is 591 g/mol. The lowest BCUT2D eigenvalue weighted by Gasteiger charge is -2.10. The topological polar surface area (TPSA) is 176 Å². The summed E-state index contributed by atoms with van der Waals surface area (Å²) in [4.78, 5) is 29.3. The molecule has 41 heavy (non-hydrogen) atoms. The largest absolute Gasteiger partial charge is 0.481 e. The first kappa shape index (κ1) is 30.0. The molecule has 2 N–H and O–H groups in total. The number of nitrogens with one attached hydrogen (secondary N) is 2. The quantitative estimate of drug-likeness (QED) is 0.175. The third-order valence-corrected chi connectivity index (χ3v) is 8.54. The van der Waals surface area contributed by atoms with Crippen molar-refractivity contribution in [1.82, 2.24) is 34.7 Å². The van der Waals surface area contributed by atoms with Gasteiger partial charge in [-0.2, -0.15) is 9.97 Å². The van der Waals surface area contributed by atoms with Gasteiger partial charge in [0.05, 0.1) is 30.6 Å². The normalized spacial score (nSPS) is 11.2. The van der Waals surface area contributed by atoms with Crippen molar-refractivity contribution in [3.8, 4) is 11.9 Å². The first-order valence-corrected chi connectivity index (χ1v) is 15.4. The maximum atomic E-state index is 12.8. The van der Waals surface area contributed by atoms with Gasteiger partial charge in [-0.3, -0.25) is 9.52 Å². The molecule has 1 aromatic carbocycles. The lowest BCUT2D eigenvalue weighted by Crippen LogP contribution is -2.16. The molecule has 3 aromatic heterocycles. The molecule has 0 saturated carbocycles. The predicted octanol–water partition coefficient (Wildman–Crippen LogP) is 2.85. The monoisotopic (exact) mass is 617 g/mol. The molecule has 1 amide bonds. The third-order valence-electron chi connectivity index (χ3n) is 5.31. The van der Waals surface area contributed by atoms with E-state index < -0.39 is 10.0 Å². The molecule has 17 heteroatoms. The summed E-state index contributed by atoms with van der Waals surface area (Å²) in [6.45, 7) is 3.84. The molecule has 0 fully saturated rings. The van der Waals surface area contributed by atoms with E-state index in [-0.39, 0.29) is 34.3 Å². The van der Waals surface area contributed by atoms with Gasteiger partial charge in [0, 0.05) is 30.2 Å². The van der Waals surface area contributed by atoms with Crippen molar-refractivity contribution in [2.24, 2.45) is 7.05 Å². The number of sulfonamides is 1. The zero-order valence-corrected chi connectivity index (χ0v) is 25.2. The highest BCUT2D eigenvalue weighted by Crippen LogP contribution is 2.24. The molecule has 0 aliphatic heterocycles.